The summed E-state index contributed by atoms with van der Waals surface area (Å²) in [6.07, 6.45) is 2.58. The molecule has 2 aromatic heterocycles. The highest BCUT2D eigenvalue weighted by atomic mass is 16.5. The van der Waals surface area contributed by atoms with E-state index in [1.165, 1.54) is 5.56 Å². The van der Waals surface area contributed by atoms with Crippen LogP contribution in [0.5, 0.6) is 5.75 Å². The van der Waals surface area contributed by atoms with Crippen LogP contribution in [0.4, 0.5) is 0 Å². The van der Waals surface area contributed by atoms with Gasteiger partial charge >= 0.3 is 0 Å². The van der Waals surface area contributed by atoms with Crippen LogP contribution >= 0.6 is 0 Å². The molecular formula is C26H25N3O3. The third kappa shape index (κ3) is 3.58. The fraction of sp³-hybridized carbons (Fsp3) is 0.231. The van der Waals surface area contributed by atoms with Gasteiger partial charge in [0, 0.05) is 11.1 Å². The van der Waals surface area contributed by atoms with Gasteiger partial charge in [0.1, 0.15) is 17.2 Å². The lowest BCUT2D eigenvalue weighted by molar-refractivity contribution is 0.0717. The monoisotopic (exact) mass is 427 g/mol. The van der Waals surface area contributed by atoms with Crippen molar-refractivity contribution in [2.24, 2.45) is 0 Å². The molecule has 1 aliphatic heterocycles. The predicted molar refractivity (Wildman–Crippen MR) is 121 cm³/mol. The van der Waals surface area contributed by atoms with E-state index in [0.717, 1.165) is 40.3 Å². The minimum absolute atomic E-state index is 0.0847. The van der Waals surface area contributed by atoms with Crippen LogP contribution in [0.3, 0.4) is 0 Å². The average molecular weight is 428 g/mol. The van der Waals surface area contributed by atoms with Gasteiger partial charge in [-0.15, -0.1) is 0 Å². The van der Waals surface area contributed by atoms with Gasteiger partial charge in [0.05, 0.1) is 31.2 Å². The third-order valence-electron chi connectivity index (χ3n) is 5.76. The number of aromatic amines is 1. The number of nitrogens with zero attached hydrogens (tertiary/aromatic N) is 2. The Morgan fingerprint density at radius 1 is 1.09 bits per heavy atom. The second-order valence-electron chi connectivity index (χ2n) is 8.06. The number of fused-ring (bicyclic) bond motifs is 1. The lowest BCUT2D eigenvalue weighted by atomic mass is 9.95. The molecular weight excluding hydrogens is 402 g/mol. The normalized spacial score (nSPS) is 15.2. The molecule has 162 valence electrons. The second-order valence-corrected chi connectivity index (χ2v) is 8.06. The molecule has 1 amide bonds. The van der Waals surface area contributed by atoms with Crippen molar-refractivity contribution in [1.82, 2.24) is 15.1 Å². The molecule has 1 atom stereocenters. The molecule has 1 N–H and O–H groups in total. The van der Waals surface area contributed by atoms with E-state index in [4.69, 9.17) is 9.15 Å². The van der Waals surface area contributed by atoms with E-state index in [2.05, 4.69) is 36.2 Å². The fourth-order valence-electron chi connectivity index (χ4n) is 4.17. The van der Waals surface area contributed by atoms with Gasteiger partial charge in [-0.05, 0) is 43.2 Å². The van der Waals surface area contributed by atoms with E-state index in [1.54, 1.807) is 6.26 Å². The molecule has 0 spiro atoms. The maximum atomic E-state index is 13.4. The van der Waals surface area contributed by atoms with Crippen molar-refractivity contribution in [3.8, 4) is 17.0 Å². The zero-order valence-corrected chi connectivity index (χ0v) is 18.2. The van der Waals surface area contributed by atoms with Gasteiger partial charge in [-0.2, -0.15) is 5.10 Å². The van der Waals surface area contributed by atoms with Crippen molar-refractivity contribution in [3.63, 3.8) is 0 Å². The number of nitrogens with one attached hydrogen (secondary N) is 1. The van der Waals surface area contributed by atoms with E-state index >= 15 is 0 Å². The maximum Gasteiger partial charge on any atom is 0.273 e. The van der Waals surface area contributed by atoms with Crippen LogP contribution in [0.25, 0.3) is 11.3 Å². The van der Waals surface area contributed by atoms with Crippen LogP contribution in [0.2, 0.25) is 0 Å². The van der Waals surface area contributed by atoms with Gasteiger partial charge in [0.2, 0.25) is 0 Å². The Labute approximate surface area is 186 Å². The number of aryl methyl sites for hydroxylation is 1. The van der Waals surface area contributed by atoms with Gasteiger partial charge in [-0.3, -0.25) is 9.89 Å². The molecule has 6 heteroatoms. The van der Waals surface area contributed by atoms with E-state index < -0.39 is 0 Å². The summed E-state index contributed by atoms with van der Waals surface area (Å²) >= 11 is 0. The summed E-state index contributed by atoms with van der Waals surface area (Å²) in [6, 6.07) is 19.6. The first-order valence-electron chi connectivity index (χ1n) is 10.9. The summed E-state index contributed by atoms with van der Waals surface area (Å²) in [6.45, 7) is 5.19. The molecule has 0 saturated heterocycles. The number of furan rings is 1. The first kappa shape index (κ1) is 20.1. The smallest absolute Gasteiger partial charge is 0.273 e. The number of H-pyrrole nitrogens is 1. The highest BCUT2D eigenvalue weighted by molar-refractivity contribution is 6.00. The standard InChI is InChI=1S/C26H25N3O3/c1-3-14-31-20-12-10-19(11-13-20)25-22-23(18-8-6-17(2)7-9-18)27-28-24(22)26(30)29(25)16-21-5-4-15-32-21/h4-13,15,25H,3,14,16H2,1-2H3,(H,27,28). The van der Waals surface area contributed by atoms with Crippen LogP contribution in [0.15, 0.2) is 71.3 Å². The largest absolute Gasteiger partial charge is 0.494 e. The Balaban J connectivity index is 1.58. The molecule has 0 aliphatic carbocycles. The summed E-state index contributed by atoms with van der Waals surface area (Å²) in [4.78, 5) is 15.2. The number of carbonyl (C=O) groups excluding carboxylic acids is 1. The predicted octanol–water partition coefficient (Wildman–Crippen LogP) is 5.51. The Bertz CT molecular complexity index is 1210. The molecule has 0 bridgehead atoms. The first-order chi connectivity index (χ1) is 15.7. The van der Waals surface area contributed by atoms with Gasteiger partial charge in [0.15, 0.2) is 0 Å². The molecule has 2 aromatic carbocycles. The highest BCUT2D eigenvalue weighted by Gasteiger charge is 2.42. The van der Waals surface area contributed by atoms with Crippen molar-refractivity contribution in [3.05, 3.63) is 95.1 Å². The topological polar surface area (TPSA) is 71.4 Å². The van der Waals surface area contributed by atoms with Crippen LogP contribution in [-0.2, 0) is 6.54 Å². The summed E-state index contributed by atoms with van der Waals surface area (Å²) in [7, 11) is 0. The van der Waals surface area contributed by atoms with Crippen molar-refractivity contribution in [1.29, 1.82) is 0 Å². The Hall–Kier alpha value is -3.80. The van der Waals surface area contributed by atoms with Crippen molar-refractivity contribution >= 4 is 5.91 Å². The van der Waals surface area contributed by atoms with Gasteiger partial charge in [0.25, 0.3) is 5.91 Å². The third-order valence-corrected chi connectivity index (χ3v) is 5.76. The number of carbonyl (C=O) groups is 1. The summed E-state index contributed by atoms with van der Waals surface area (Å²) in [5.41, 5.74) is 5.38. The van der Waals surface area contributed by atoms with E-state index in [9.17, 15) is 4.79 Å². The van der Waals surface area contributed by atoms with E-state index in [0.29, 0.717) is 18.8 Å². The molecule has 3 heterocycles. The molecule has 1 aliphatic rings. The van der Waals surface area contributed by atoms with Gasteiger partial charge in [-0.1, -0.05) is 48.9 Å². The van der Waals surface area contributed by atoms with Crippen LogP contribution < -0.4 is 4.74 Å². The quantitative estimate of drug-likeness (QED) is 0.422. The average Bonchev–Trinajstić information content (AvgIpc) is 3.53. The number of aromatic nitrogens is 2. The number of amides is 1. The van der Waals surface area contributed by atoms with Gasteiger partial charge in [-0.25, -0.2) is 0 Å². The highest BCUT2D eigenvalue weighted by Crippen LogP contribution is 2.43. The molecule has 32 heavy (non-hydrogen) atoms. The minimum Gasteiger partial charge on any atom is -0.494 e. The van der Waals surface area contributed by atoms with Crippen LogP contribution in [-0.4, -0.2) is 27.6 Å². The fourth-order valence-corrected chi connectivity index (χ4v) is 4.17. The molecule has 4 aromatic rings. The molecule has 6 nitrogen and oxygen atoms in total. The molecule has 1 unspecified atom stereocenters. The number of hydrogen-bond donors (Lipinski definition) is 1. The van der Waals surface area contributed by atoms with Crippen LogP contribution in [0.1, 0.15) is 52.3 Å². The number of rotatable bonds is 7. The Kier molecular flexibility index (Phi) is 5.27. The Morgan fingerprint density at radius 3 is 2.56 bits per heavy atom. The van der Waals surface area contributed by atoms with Crippen LogP contribution in [0, 0.1) is 6.92 Å². The Morgan fingerprint density at radius 2 is 1.88 bits per heavy atom. The van der Waals surface area contributed by atoms with E-state index in [-0.39, 0.29) is 11.9 Å². The van der Waals surface area contributed by atoms with Gasteiger partial charge < -0.3 is 14.1 Å². The van der Waals surface area contributed by atoms with Crippen molar-refractivity contribution in [2.75, 3.05) is 6.61 Å². The molecule has 5 rings (SSSR count). The van der Waals surface area contributed by atoms with Crippen molar-refractivity contribution < 1.29 is 13.9 Å². The lowest BCUT2D eigenvalue weighted by Crippen LogP contribution is -2.28. The molecule has 0 saturated carbocycles. The number of hydrogen-bond acceptors (Lipinski definition) is 4. The number of benzene rings is 2. The zero-order valence-electron chi connectivity index (χ0n) is 18.2. The molecule has 0 fully saturated rings. The van der Waals surface area contributed by atoms with E-state index in [1.807, 2.05) is 53.4 Å². The summed E-state index contributed by atoms with van der Waals surface area (Å²) in [5, 5.41) is 7.53. The summed E-state index contributed by atoms with van der Waals surface area (Å²) < 4.78 is 11.3. The zero-order chi connectivity index (χ0) is 22.1. The molecule has 0 radical (unpaired) electrons. The minimum atomic E-state index is -0.280. The lowest BCUT2D eigenvalue weighted by Gasteiger charge is -2.25. The van der Waals surface area contributed by atoms with Crippen molar-refractivity contribution in [2.45, 2.75) is 32.9 Å². The summed E-state index contributed by atoms with van der Waals surface area (Å²) in [5.74, 6) is 1.48. The first-order valence-corrected chi connectivity index (χ1v) is 10.9. The second kappa shape index (κ2) is 8.38. The maximum absolute atomic E-state index is 13.4. The number of ether oxygens (including phenoxy) is 1. The SMILES string of the molecule is CCCOc1ccc(C2c3c(-c4ccc(C)cc4)n[nH]c3C(=O)N2Cc2ccco2)cc1.